The van der Waals surface area contributed by atoms with Crippen LogP contribution in [0.3, 0.4) is 0 Å². The second-order valence-corrected chi connectivity index (χ2v) is 6.83. The van der Waals surface area contributed by atoms with E-state index in [4.69, 9.17) is 4.74 Å². The van der Waals surface area contributed by atoms with Gasteiger partial charge in [-0.2, -0.15) is 5.10 Å². The first-order chi connectivity index (χ1) is 13.5. The summed E-state index contributed by atoms with van der Waals surface area (Å²) in [5, 5.41) is 6.54. The first-order valence-electron chi connectivity index (χ1n) is 8.36. The number of esters is 1. The standard InChI is InChI=1S/C20H17N3O4S/c1-23-19(25)12-11-16(22-23)20(26)27-13-18(24)21-15-9-5-6-10-17(15)28-14-7-3-2-4-8-14/h2-12H,13H2,1H3,(H,21,24). The lowest BCUT2D eigenvalue weighted by Gasteiger charge is -2.11. The van der Waals surface area contributed by atoms with Crippen molar-refractivity contribution in [2.75, 3.05) is 11.9 Å². The number of carbonyl (C=O) groups is 2. The van der Waals surface area contributed by atoms with E-state index in [1.807, 2.05) is 48.5 Å². The largest absolute Gasteiger partial charge is 0.451 e. The molecule has 0 spiro atoms. The SMILES string of the molecule is Cn1nc(C(=O)OCC(=O)Nc2ccccc2Sc2ccccc2)ccc1=O. The maximum Gasteiger partial charge on any atom is 0.359 e. The van der Waals surface area contributed by atoms with E-state index in [0.29, 0.717) is 5.69 Å². The predicted molar refractivity (Wildman–Crippen MR) is 105 cm³/mol. The quantitative estimate of drug-likeness (QED) is 0.646. The highest BCUT2D eigenvalue weighted by Gasteiger charge is 2.14. The molecular formula is C20H17N3O4S. The predicted octanol–water partition coefficient (Wildman–Crippen LogP) is 2.73. The smallest absolute Gasteiger partial charge is 0.359 e. The molecule has 0 fully saturated rings. The summed E-state index contributed by atoms with van der Waals surface area (Å²) < 4.78 is 6.00. The molecule has 8 heteroatoms. The Kier molecular flexibility index (Phi) is 6.23. The van der Waals surface area contributed by atoms with Crippen LogP contribution in [0.5, 0.6) is 0 Å². The summed E-state index contributed by atoms with van der Waals surface area (Å²) in [5.74, 6) is -1.25. The number of amides is 1. The molecule has 1 aromatic heterocycles. The summed E-state index contributed by atoms with van der Waals surface area (Å²) in [5.41, 5.74) is 0.231. The molecule has 0 saturated carbocycles. The van der Waals surface area contributed by atoms with Gasteiger partial charge in [-0.3, -0.25) is 9.59 Å². The summed E-state index contributed by atoms with van der Waals surface area (Å²) in [6.45, 7) is -0.465. The van der Waals surface area contributed by atoms with Gasteiger partial charge in [-0.25, -0.2) is 9.48 Å². The Labute approximate surface area is 165 Å². The number of ether oxygens (including phenoxy) is 1. The molecule has 3 aromatic rings. The van der Waals surface area contributed by atoms with E-state index >= 15 is 0 Å². The molecule has 0 unspecified atom stereocenters. The fourth-order valence-electron chi connectivity index (χ4n) is 2.28. The number of aromatic nitrogens is 2. The van der Waals surface area contributed by atoms with Crippen molar-refractivity contribution in [3.8, 4) is 0 Å². The van der Waals surface area contributed by atoms with E-state index < -0.39 is 18.5 Å². The molecule has 0 atom stereocenters. The van der Waals surface area contributed by atoms with Crippen molar-refractivity contribution in [1.82, 2.24) is 9.78 Å². The van der Waals surface area contributed by atoms with Gasteiger partial charge >= 0.3 is 5.97 Å². The third-order valence-electron chi connectivity index (χ3n) is 3.64. The molecule has 1 N–H and O–H groups in total. The lowest BCUT2D eigenvalue weighted by atomic mass is 10.3. The number of carbonyl (C=O) groups excluding carboxylic acids is 2. The molecule has 142 valence electrons. The Morgan fingerprint density at radius 1 is 1.04 bits per heavy atom. The fraction of sp³-hybridized carbons (Fsp3) is 0.100. The molecule has 2 aromatic carbocycles. The summed E-state index contributed by atoms with van der Waals surface area (Å²) in [4.78, 5) is 37.4. The number of nitrogens with zero attached hydrogens (tertiary/aromatic N) is 2. The summed E-state index contributed by atoms with van der Waals surface area (Å²) in [7, 11) is 1.42. The van der Waals surface area contributed by atoms with E-state index in [0.717, 1.165) is 14.5 Å². The van der Waals surface area contributed by atoms with Crippen LogP contribution >= 0.6 is 11.8 Å². The van der Waals surface area contributed by atoms with Crippen LogP contribution in [0.1, 0.15) is 10.5 Å². The van der Waals surface area contributed by atoms with Gasteiger partial charge in [-0.15, -0.1) is 0 Å². The molecule has 28 heavy (non-hydrogen) atoms. The van der Waals surface area contributed by atoms with Crippen molar-refractivity contribution < 1.29 is 14.3 Å². The van der Waals surface area contributed by atoms with Crippen LogP contribution in [0.15, 0.2) is 81.3 Å². The van der Waals surface area contributed by atoms with Gasteiger partial charge < -0.3 is 10.1 Å². The number of anilines is 1. The highest BCUT2D eigenvalue weighted by atomic mass is 32.2. The number of hydrogen-bond donors (Lipinski definition) is 1. The molecular weight excluding hydrogens is 378 g/mol. The van der Waals surface area contributed by atoms with Crippen molar-refractivity contribution >= 4 is 29.3 Å². The van der Waals surface area contributed by atoms with Crippen molar-refractivity contribution in [3.05, 3.63) is 82.8 Å². The monoisotopic (exact) mass is 395 g/mol. The molecule has 1 heterocycles. The minimum absolute atomic E-state index is 0.0464. The molecule has 0 saturated heterocycles. The van der Waals surface area contributed by atoms with Gasteiger partial charge in [0.05, 0.1) is 5.69 Å². The summed E-state index contributed by atoms with van der Waals surface area (Å²) >= 11 is 1.52. The van der Waals surface area contributed by atoms with Crippen LogP contribution in [0, 0.1) is 0 Å². The van der Waals surface area contributed by atoms with Gasteiger partial charge in [-0.05, 0) is 30.3 Å². The molecule has 7 nitrogen and oxygen atoms in total. The fourth-order valence-corrected chi connectivity index (χ4v) is 3.20. The molecule has 3 rings (SSSR count). The van der Waals surface area contributed by atoms with Crippen LogP contribution in [-0.2, 0) is 16.6 Å². The van der Waals surface area contributed by atoms with Gasteiger partial charge in [0.15, 0.2) is 12.3 Å². The molecule has 0 radical (unpaired) electrons. The normalized spacial score (nSPS) is 10.3. The van der Waals surface area contributed by atoms with E-state index in [2.05, 4.69) is 10.4 Å². The Morgan fingerprint density at radius 2 is 1.75 bits per heavy atom. The lowest BCUT2D eigenvalue weighted by Crippen LogP contribution is -2.24. The minimum Gasteiger partial charge on any atom is -0.451 e. The molecule has 0 bridgehead atoms. The number of benzene rings is 2. The number of rotatable bonds is 6. The number of aryl methyl sites for hydroxylation is 1. The number of nitrogens with one attached hydrogen (secondary N) is 1. The summed E-state index contributed by atoms with van der Waals surface area (Å²) in [6, 6.07) is 19.6. The number of para-hydroxylation sites is 1. The first-order valence-corrected chi connectivity index (χ1v) is 9.18. The van der Waals surface area contributed by atoms with Crippen LogP contribution < -0.4 is 10.9 Å². The van der Waals surface area contributed by atoms with E-state index in [9.17, 15) is 14.4 Å². The Hall–Kier alpha value is -3.39. The highest BCUT2D eigenvalue weighted by Crippen LogP contribution is 2.33. The van der Waals surface area contributed by atoms with Crippen LogP contribution in [0.2, 0.25) is 0 Å². The van der Waals surface area contributed by atoms with Gasteiger partial charge in [0, 0.05) is 22.9 Å². The van der Waals surface area contributed by atoms with Crippen LogP contribution in [0.4, 0.5) is 5.69 Å². The highest BCUT2D eigenvalue weighted by molar-refractivity contribution is 7.99. The van der Waals surface area contributed by atoms with Crippen molar-refractivity contribution in [2.45, 2.75) is 9.79 Å². The third-order valence-corrected chi connectivity index (χ3v) is 4.72. The van der Waals surface area contributed by atoms with Gasteiger partial charge in [0.2, 0.25) is 0 Å². The molecule has 0 aliphatic rings. The molecule has 0 aliphatic carbocycles. The van der Waals surface area contributed by atoms with Crippen LogP contribution in [0.25, 0.3) is 0 Å². The topological polar surface area (TPSA) is 90.3 Å². The average molecular weight is 395 g/mol. The number of hydrogen-bond acceptors (Lipinski definition) is 6. The zero-order valence-electron chi connectivity index (χ0n) is 15.0. The Balaban J connectivity index is 1.61. The minimum atomic E-state index is -0.780. The summed E-state index contributed by atoms with van der Waals surface area (Å²) in [6.07, 6.45) is 0. The third kappa shape index (κ3) is 5.08. The second kappa shape index (κ2) is 9.01. The second-order valence-electron chi connectivity index (χ2n) is 5.72. The molecule has 1 amide bonds. The first kappa shape index (κ1) is 19.4. The van der Waals surface area contributed by atoms with E-state index in [-0.39, 0.29) is 11.3 Å². The maximum atomic E-state index is 12.2. The van der Waals surface area contributed by atoms with Crippen LogP contribution in [-0.4, -0.2) is 28.3 Å². The lowest BCUT2D eigenvalue weighted by molar-refractivity contribution is -0.119. The van der Waals surface area contributed by atoms with E-state index in [1.54, 1.807) is 6.07 Å². The van der Waals surface area contributed by atoms with Crippen molar-refractivity contribution in [1.29, 1.82) is 0 Å². The van der Waals surface area contributed by atoms with Gasteiger partial charge in [-0.1, -0.05) is 42.1 Å². The molecule has 0 aliphatic heterocycles. The zero-order chi connectivity index (χ0) is 19.9. The maximum absolute atomic E-state index is 12.2. The van der Waals surface area contributed by atoms with E-state index in [1.165, 1.54) is 30.9 Å². The Morgan fingerprint density at radius 3 is 2.50 bits per heavy atom. The van der Waals surface area contributed by atoms with Gasteiger partial charge in [0.25, 0.3) is 11.5 Å². The van der Waals surface area contributed by atoms with Crippen molar-refractivity contribution in [3.63, 3.8) is 0 Å². The average Bonchev–Trinajstić information content (AvgIpc) is 2.70. The zero-order valence-corrected chi connectivity index (χ0v) is 15.8. The Bertz CT molecular complexity index is 1050. The van der Waals surface area contributed by atoms with Crippen molar-refractivity contribution in [2.24, 2.45) is 7.05 Å². The van der Waals surface area contributed by atoms with Gasteiger partial charge in [0.1, 0.15) is 0 Å².